The second-order valence-electron chi connectivity index (χ2n) is 7.38. The van der Waals surface area contributed by atoms with E-state index in [-0.39, 0.29) is 11.7 Å². The first-order valence-electron chi connectivity index (χ1n) is 9.93. The number of hydroxylamine groups is 1. The highest BCUT2D eigenvalue weighted by atomic mass is 19.1. The van der Waals surface area contributed by atoms with Crippen LogP contribution in [0, 0.1) is 5.82 Å². The summed E-state index contributed by atoms with van der Waals surface area (Å²) in [4.78, 5) is 27.0. The van der Waals surface area contributed by atoms with Crippen molar-refractivity contribution in [3.05, 3.63) is 106 Å². The highest BCUT2D eigenvalue weighted by Gasteiger charge is 2.25. The van der Waals surface area contributed by atoms with E-state index >= 15 is 0 Å². The van der Waals surface area contributed by atoms with E-state index in [1.807, 2.05) is 36.4 Å². The Hall–Kier alpha value is -3.77. The van der Waals surface area contributed by atoms with E-state index in [1.165, 1.54) is 12.1 Å². The van der Waals surface area contributed by atoms with Crippen LogP contribution in [-0.2, 0) is 17.8 Å². The largest absolute Gasteiger partial charge is 0.334 e. The van der Waals surface area contributed by atoms with E-state index in [0.29, 0.717) is 36.2 Å². The van der Waals surface area contributed by atoms with Crippen molar-refractivity contribution in [3.63, 3.8) is 0 Å². The summed E-state index contributed by atoms with van der Waals surface area (Å²) in [6.45, 7) is 0.874. The summed E-state index contributed by atoms with van der Waals surface area (Å²) < 4.78 is 13.7. The first kappa shape index (κ1) is 20.5. The van der Waals surface area contributed by atoms with Crippen LogP contribution < -0.4 is 5.48 Å². The molecule has 0 saturated carbocycles. The fourth-order valence-electron chi connectivity index (χ4n) is 3.76. The first-order valence-corrected chi connectivity index (χ1v) is 9.93. The van der Waals surface area contributed by atoms with Gasteiger partial charge in [-0.1, -0.05) is 48.5 Å². The third-order valence-electron chi connectivity index (χ3n) is 5.34. The molecule has 3 aromatic rings. The lowest BCUT2D eigenvalue weighted by atomic mass is 9.95. The van der Waals surface area contributed by atoms with Crippen LogP contribution in [0.4, 0.5) is 4.39 Å². The van der Waals surface area contributed by atoms with Gasteiger partial charge in [0.05, 0.1) is 0 Å². The number of rotatable bonds is 4. The lowest BCUT2D eigenvalue weighted by Gasteiger charge is -2.30. The Morgan fingerprint density at radius 2 is 1.74 bits per heavy atom. The zero-order valence-electron chi connectivity index (χ0n) is 16.7. The van der Waals surface area contributed by atoms with Crippen LogP contribution in [0.2, 0.25) is 0 Å². The van der Waals surface area contributed by atoms with Gasteiger partial charge in [-0.05, 0) is 59.0 Å². The molecule has 31 heavy (non-hydrogen) atoms. The van der Waals surface area contributed by atoms with Gasteiger partial charge in [-0.25, -0.2) is 9.87 Å². The summed E-state index contributed by atoms with van der Waals surface area (Å²) in [5.74, 6) is -1.13. The Morgan fingerprint density at radius 1 is 0.935 bits per heavy atom. The molecule has 0 bridgehead atoms. The number of hydrogen-bond donors (Lipinski definition) is 2. The van der Waals surface area contributed by atoms with Crippen molar-refractivity contribution in [1.82, 2.24) is 10.4 Å². The van der Waals surface area contributed by atoms with Crippen LogP contribution in [0.15, 0.2) is 72.8 Å². The van der Waals surface area contributed by atoms with Gasteiger partial charge in [0.25, 0.3) is 11.8 Å². The van der Waals surface area contributed by atoms with Crippen molar-refractivity contribution >= 4 is 23.5 Å². The number of amides is 2. The molecule has 1 aliphatic heterocycles. The van der Waals surface area contributed by atoms with E-state index in [1.54, 1.807) is 40.7 Å². The third-order valence-corrected chi connectivity index (χ3v) is 5.34. The van der Waals surface area contributed by atoms with Gasteiger partial charge in [-0.3, -0.25) is 14.8 Å². The third kappa shape index (κ3) is 4.54. The summed E-state index contributed by atoms with van der Waals surface area (Å²) in [6.07, 6.45) is 2.36. The average Bonchev–Trinajstić information content (AvgIpc) is 2.81. The molecule has 6 heteroatoms. The maximum absolute atomic E-state index is 13.7. The molecular formula is C25H21FN2O3. The minimum atomic E-state index is -0.595. The molecule has 3 aromatic carbocycles. The van der Waals surface area contributed by atoms with E-state index in [2.05, 4.69) is 0 Å². The van der Waals surface area contributed by atoms with Crippen molar-refractivity contribution in [1.29, 1.82) is 0 Å². The van der Waals surface area contributed by atoms with Gasteiger partial charge >= 0.3 is 0 Å². The molecule has 1 heterocycles. The minimum absolute atomic E-state index is 0.168. The SMILES string of the molecule is O=C(NO)c1ccc2c(c1)CN(C(=O)C(=Cc1cccc(F)c1)c1ccccc1)CC2. The van der Waals surface area contributed by atoms with E-state index in [9.17, 15) is 14.0 Å². The Labute approximate surface area is 179 Å². The second-order valence-corrected chi connectivity index (χ2v) is 7.38. The van der Waals surface area contributed by atoms with Gasteiger partial charge in [-0.15, -0.1) is 0 Å². The zero-order chi connectivity index (χ0) is 21.8. The van der Waals surface area contributed by atoms with Gasteiger partial charge in [0.15, 0.2) is 0 Å². The predicted molar refractivity (Wildman–Crippen MR) is 116 cm³/mol. The molecule has 0 saturated heterocycles. The number of carbonyl (C=O) groups excluding carboxylic acids is 2. The van der Waals surface area contributed by atoms with Crippen molar-refractivity contribution in [2.45, 2.75) is 13.0 Å². The molecule has 156 valence electrons. The molecular weight excluding hydrogens is 395 g/mol. The molecule has 0 aliphatic carbocycles. The first-order chi connectivity index (χ1) is 15.0. The summed E-state index contributed by atoms with van der Waals surface area (Å²) >= 11 is 0. The lowest BCUT2D eigenvalue weighted by molar-refractivity contribution is -0.125. The van der Waals surface area contributed by atoms with Gasteiger partial charge in [0.1, 0.15) is 5.82 Å². The molecule has 0 radical (unpaired) electrons. The van der Waals surface area contributed by atoms with Gasteiger partial charge in [-0.2, -0.15) is 0 Å². The average molecular weight is 416 g/mol. The van der Waals surface area contributed by atoms with E-state index < -0.39 is 5.91 Å². The molecule has 4 rings (SSSR count). The van der Waals surface area contributed by atoms with Crippen molar-refractivity contribution in [3.8, 4) is 0 Å². The summed E-state index contributed by atoms with van der Waals surface area (Å²) in [5.41, 5.74) is 5.71. The Morgan fingerprint density at radius 3 is 2.48 bits per heavy atom. The Kier molecular flexibility index (Phi) is 5.91. The van der Waals surface area contributed by atoms with Crippen LogP contribution in [0.5, 0.6) is 0 Å². The van der Waals surface area contributed by atoms with Gasteiger partial charge in [0.2, 0.25) is 0 Å². The number of benzene rings is 3. The smallest absolute Gasteiger partial charge is 0.274 e. The molecule has 2 amide bonds. The number of hydrogen-bond acceptors (Lipinski definition) is 3. The van der Waals surface area contributed by atoms with Gasteiger partial charge in [0, 0.05) is 24.2 Å². The molecule has 0 atom stereocenters. The normalized spacial score (nSPS) is 13.5. The standard InChI is InChI=1S/C25H21FN2O3/c26-22-8-4-5-17(13-22)14-23(19-6-2-1-3-7-19)25(30)28-12-11-18-9-10-20(24(29)27-31)15-21(18)16-28/h1-10,13-15,31H,11-12,16H2,(H,27,29). The number of halogens is 1. The lowest BCUT2D eigenvalue weighted by Crippen LogP contribution is -2.36. The summed E-state index contributed by atoms with van der Waals surface area (Å²) in [7, 11) is 0. The van der Waals surface area contributed by atoms with E-state index in [0.717, 1.165) is 16.7 Å². The number of nitrogens with zero attached hydrogens (tertiary/aromatic N) is 1. The summed E-state index contributed by atoms with van der Waals surface area (Å²) in [6, 6.07) is 20.6. The Balaban J connectivity index is 1.67. The van der Waals surface area contributed by atoms with Crippen molar-refractivity contribution in [2.75, 3.05) is 6.54 Å². The van der Waals surface area contributed by atoms with E-state index in [4.69, 9.17) is 5.21 Å². The number of fused-ring (bicyclic) bond motifs is 1. The van der Waals surface area contributed by atoms with Crippen LogP contribution >= 0.6 is 0 Å². The van der Waals surface area contributed by atoms with Crippen molar-refractivity contribution in [2.24, 2.45) is 0 Å². The molecule has 0 fully saturated rings. The van der Waals surface area contributed by atoms with Crippen LogP contribution in [0.3, 0.4) is 0 Å². The molecule has 2 N–H and O–H groups in total. The molecule has 0 spiro atoms. The number of carbonyl (C=O) groups is 2. The maximum atomic E-state index is 13.7. The van der Waals surface area contributed by atoms with Crippen LogP contribution in [-0.4, -0.2) is 28.5 Å². The Bertz CT molecular complexity index is 1160. The second kappa shape index (κ2) is 8.93. The highest BCUT2D eigenvalue weighted by Crippen LogP contribution is 2.26. The molecule has 1 aliphatic rings. The zero-order valence-corrected chi connectivity index (χ0v) is 16.7. The highest BCUT2D eigenvalue weighted by molar-refractivity contribution is 6.24. The molecule has 0 unspecified atom stereocenters. The van der Waals surface area contributed by atoms with Crippen LogP contribution in [0.1, 0.15) is 32.6 Å². The monoisotopic (exact) mass is 416 g/mol. The maximum Gasteiger partial charge on any atom is 0.274 e. The van der Waals surface area contributed by atoms with Crippen LogP contribution in [0.25, 0.3) is 11.6 Å². The topological polar surface area (TPSA) is 69.6 Å². The molecule has 0 aromatic heterocycles. The summed E-state index contributed by atoms with van der Waals surface area (Å²) in [5, 5.41) is 8.89. The van der Waals surface area contributed by atoms with Gasteiger partial charge < -0.3 is 4.90 Å². The fraction of sp³-hybridized carbons (Fsp3) is 0.120. The van der Waals surface area contributed by atoms with Crippen molar-refractivity contribution < 1.29 is 19.2 Å². The quantitative estimate of drug-likeness (QED) is 0.292. The fourth-order valence-corrected chi connectivity index (χ4v) is 3.76. The predicted octanol–water partition coefficient (Wildman–Crippen LogP) is 4.07. The minimum Gasteiger partial charge on any atom is -0.334 e. The number of nitrogens with one attached hydrogen (secondary N) is 1. The molecule has 5 nitrogen and oxygen atoms in total.